The third kappa shape index (κ3) is 3.93. The van der Waals surface area contributed by atoms with Crippen LogP contribution in [0.4, 0.5) is 0 Å². The van der Waals surface area contributed by atoms with Crippen LogP contribution in [0.1, 0.15) is 65.9 Å². The van der Waals surface area contributed by atoms with Crippen LogP contribution in [0.25, 0.3) is 0 Å². The predicted octanol–water partition coefficient (Wildman–Crippen LogP) is 2.76. The SMILES string of the molecule is CC(=O)c1cc(B2OC(C)(C)C(C)(C)O2)cc(OC(C)(C)C)n1. The fourth-order valence-electron chi connectivity index (χ4n) is 2.19. The molecule has 0 aromatic carbocycles. The van der Waals surface area contributed by atoms with Gasteiger partial charge >= 0.3 is 7.12 Å². The lowest BCUT2D eigenvalue weighted by Crippen LogP contribution is -2.41. The summed E-state index contributed by atoms with van der Waals surface area (Å²) in [4.78, 5) is 16.1. The number of aromatic nitrogens is 1. The van der Waals surface area contributed by atoms with Crippen molar-refractivity contribution in [2.45, 2.75) is 72.2 Å². The molecule has 0 atom stereocenters. The Balaban J connectivity index is 2.41. The van der Waals surface area contributed by atoms with E-state index in [1.807, 2.05) is 48.5 Å². The Bertz CT molecular complexity index is 604. The number of carbonyl (C=O) groups is 1. The number of carbonyl (C=O) groups excluding carboxylic acids is 1. The second-order valence-corrected chi connectivity index (χ2v) is 7.98. The van der Waals surface area contributed by atoms with Gasteiger partial charge < -0.3 is 14.0 Å². The van der Waals surface area contributed by atoms with Gasteiger partial charge in [0, 0.05) is 13.0 Å². The molecule has 23 heavy (non-hydrogen) atoms. The molecular formula is C17H26BNO4. The van der Waals surface area contributed by atoms with Crippen LogP contribution < -0.4 is 10.2 Å². The summed E-state index contributed by atoms with van der Waals surface area (Å²) in [5, 5.41) is 0. The molecule has 1 aromatic heterocycles. The monoisotopic (exact) mass is 319 g/mol. The number of rotatable bonds is 3. The van der Waals surface area contributed by atoms with Crippen LogP contribution in [0.15, 0.2) is 12.1 Å². The first-order valence-electron chi connectivity index (χ1n) is 7.88. The van der Waals surface area contributed by atoms with Gasteiger partial charge in [0.1, 0.15) is 11.3 Å². The van der Waals surface area contributed by atoms with Crippen molar-refractivity contribution in [3.8, 4) is 5.88 Å². The van der Waals surface area contributed by atoms with Crippen molar-refractivity contribution >= 4 is 18.4 Å². The lowest BCUT2D eigenvalue weighted by Gasteiger charge is -2.32. The molecule has 1 aliphatic heterocycles. The van der Waals surface area contributed by atoms with Crippen molar-refractivity contribution in [1.82, 2.24) is 4.98 Å². The smallest absolute Gasteiger partial charge is 0.472 e. The molecule has 2 heterocycles. The van der Waals surface area contributed by atoms with E-state index in [1.165, 1.54) is 6.92 Å². The molecule has 6 heteroatoms. The van der Waals surface area contributed by atoms with Crippen LogP contribution in [-0.2, 0) is 9.31 Å². The van der Waals surface area contributed by atoms with Gasteiger partial charge in [-0.2, -0.15) is 0 Å². The lowest BCUT2D eigenvalue weighted by atomic mass is 9.79. The van der Waals surface area contributed by atoms with E-state index in [-0.39, 0.29) is 5.78 Å². The van der Waals surface area contributed by atoms with Gasteiger partial charge in [-0.15, -0.1) is 0 Å². The largest absolute Gasteiger partial charge is 0.495 e. The minimum atomic E-state index is -0.552. The van der Waals surface area contributed by atoms with Crippen molar-refractivity contribution in [3.05, 3.63) is 17.8 Å². The fraction of sp³-hybridized carbons (Fsp3) is 0.647. The lowest BCUT2D eigenvalue weighted by molar-refractivity contribution is 0.00578. The van der Waals surface area contributed by atoms with E-state index in [0.29, 0.717) is 11.6 Å². The maximum absolute atomic E-state index is 11.8. The van der Waals surface area contributed by atoms with Gasteiger partial charge in [-0.25, -0.2) is 4.98 Å². The van der Waals surface area contributed by atoms with Crippen LogP contribution in [0, 0.1) is 0 Å². The van der Waals surface area contributed by atoms with Gasteiger partial charge in [-0.05, 0) is 60.0 Å². The maximum Gasteiger partial charge on any atom is 0.495 e. The van der Waals surface area contributed by atoms with Crippen molar-refractivity contribution < 1.29 is 18.8 Å². The van der Waals surface area contributed by atoms with Gasteiger partial charge in [-0.1, -0.05) is 0 Å². The Morgan fingerprint density at radius 2 is 1.65 bits per heavy atom. The third-order valence-corrected chi connectivity index (χ3v) is 4.12. The molecule has 1 fully saturated rings. The van der Waals surface area contributed by atoms with Crippen LogP contribution >= 0.6 is 0 Å². The zero-order chi connectivity index (χ0) is 17.6. The average Bonchev–Trinajstić information content (AvgIpc) is 2.56. The summed E-state index contributed by atoms with van der Waals surface area (Å²) in [6, 6.07) is 3.49. The van der Waals surface area contributed by atoms with Crippen molar-refractivity contribution in [2.24, 2.45) is 0 Å². The van der Waals surface area contributed by atoms with Gasteiger partial charge in [0.25, 0.3) is 0 Å². The molecule has 0 bridgehead atoms. The van der Waals surface area contributed by atoms with Gasteiger partial charge in [-0.3, -0.25) is 4.79 Å². The van der Waals surface area contributed by atoms with E-state index < -0.39 is 23.9 Å². The highest BCUT2D eigenvalue weighted by atomic mass is 16.7. The highest BCUT2D eigenvalue weighted by molar-refractivity contribution is 6.62. The van der Waals surface area contributed by atoms with E-state index >= 15 is 0 Å². The number of hydrogen-bond acceptors (Lipinski definition) is 5. The first-order valence-corrected chi connectivity index (χ1v) is 7.88. The normalized spacial score (nSPS) is 19.7. The highest BCUT2D eigenvalue weighted by Gasteiger charge is 2.52. The predicted molar refractivity (Wildman–Crippen MR) is 90.3 cm³/mol. The van der Waals surface area contributed by atoms with Gasteiger partial charge in [0.2, 0.25) is 5.88 Å². The second-order valence-electron chi connectivity index (χ2n) is 7.98. The van der Waals surface area contributed by atoms with E-state index in [4.69, 9.17) is 14.0 Å². The van der Waals surface area contributed by atoms with E-state index in [9.17, 15) is 4.79 Å². The molecular weight excluding hydrogens is 293 g/mol. The number of nitrogens with zero attached hydrogens (tertiary/aromatic N) is 1. The standard InChI is InChI=1S/C17H26BNO4/c1-11(20)13-9-12(10-14(19-13)21-15(2,3)4)18-22-16(5,6)17(7,8)23-18/h9-10H,1-8H3. The molecule has 1 aromatic rings. The molecule has 0 aliphatic carbocycles. The van der Waals surface area contributed by atoms with E-state index in [0.717, 1.165) is 5.46 Å². The van der Waals surface area contributed by atoms with Crippen molar-refractivity contribution in [2.75, 3.05) is 0 Å². The molecule has 0 amide bonds. The Labute approximate surface area is 138 Å². The molecule has 0 spiro atoms. The molecule has 1 aliphatic rings. The first-order chi connectivity index (χ1) is 10.3. The second kappa shape index (κ2) is 5.60. The van der Waals surface area contributed by atoms with E-state index in [1.54, 1.807) is 12.1 Å². The van der Waals surface area contributed by atoms with Crippen LogP contribution in [-0.4, -0.2) is 34.7 Å². The summed E-state index contributed by atoms with van der Waals surface area (Å²) in [6.45, 7) is 15.3. The highest BCUT2D eigenvalue weighted by Crippen LogP contribution is 2.36. The minimum Gasteiger partial charge on any atom is -0.472 e. The molecule has 1 saturated heterocycles. The Morgan fingerprint density at radius 1 is 1.13 bits per heavy atom. The molecule has 126 valence electrons. The molecule has 0 unspecified atom stereocenters. The molecule has 0 saturated carbocycles. The quantitative estimate of drug-likeness (QED) is 0.633. The van der Waals surface area contributed by atoms with E-state index in [2.05, 4.69) is 4.98 Å². The Morgan fingerprint density at radius 3 is 2.09 bits per heavy atom. The molecule has 0 N–H and O–H groups in total. The number of ether oxygens (including phenoxy) is 1. The Kier molecular flexibility index (Phi) is 4.37. The molecule has 2 rings (SSSR count). The zero-order valence-electron chi connectivity index (χ0n) is 15.3. The van der Waals surface area contributed by atoms with Gasteiger partial charge in [0.05, 0.1) is 11.2 Å². The number of hydrogen-bond donors (Lipinski definition) is 0. The average molecular weight is 319 g/mol. The summed E-state index contributed by atoms with van der Waals surface area (Å²) in [7, 11) is -0.552. The Hall–Kier alpha value is -1.40. The summed E-state index contributed by atoms with van der Waals surface area (Å²) >= 11 is 0. The van der Waals surface area contributed by atoms with Crippen LogP contribution in [0.5, 0.6) is 5.88 Å². The van der Waals surface area contributed by atoms with Crippen molar-refractivity contribution in [3.63, 3.8) is 0 Å². The van der Waals surface area contributed by atoms with Crippen LogP contribution in [0.2, 0.25) is 0 Å². The zero-order valence-corrected chi connectivity index (χ0v) is 15.3. The number of ketones is 1. The third-order valence-electron chi connectivity index (χ3n) is 4.12. The van der Waals surface area contributed by atoms with Crippen molar-refractivity contribution in [1.29, 1.82) is 0 Å². The summed E-state index contributed by atoms with van der Waals surface area (Å²) < 4.78 is 17.9. The number of Topliss-reactive ketones (excluding diaryl/α,β-unsaturated/α-hetero) is 1. The fourth-order valence-corrected chi connectivity index (χ4v) is 2.19. The van der Waals surface area contributed by atoms with Crippen LogP contribution in [0.3, 0.4) is 0 Å². The minimum absolute atomic E-state index is 0.123. The summed E-state index contributed by atoms with van der Waals surface area (Å²) in [5.74, 6) is 0.275. The molecule has 5 nitrogen and oxygen atoms in total. The first kappa shape index (κ1) is 18.0. The molecule has 0 radical (unpaired) electrons. The maximum atomic E-state index is 11.8. The number of pyridine rings is 1. The summed E-state index contributed by atoms with van der Waals surface area (Å²) in [6.07, 6.45) is 0. The summed E-state index contributed by atoms with van der Waals surface area (Å²) in [5.41, 5.74) is -0.208. The van der Waals surface area contributed by atoms with Gasteiger partial charge in [0.15, 0.2) is 5.78 Å². The topological polar surface area (TPSA) is 57.7 Å².